The van der Waals surface area contributed by atoms with Gasteiger partial charge in [0.2, 0.25) is 23.8 Å². The van der Waals surface area contributed by atoms with Crippen molar-refractivity contribution in [2.24, 2.45) is 25.9 Å². The molecule has 54 heteroatoms. The number of anilines is 10. The normalized spacial score (nSPS) is 14.5. The van der Waals surface area contributed by atoms with Crippen molar-refractivity contribution in [2.45, 2.75) is 64.8 Å². The van der Waals surface area contributed by atoms with E-state index in [1.807, 2.05) is 0 Å². The van der Waals surface area contributed by atoms with Gasteiger partial charge in [-0.05, 0) is 164 Å². The molecule has 1 saturated carbocycles. The Hall–Kier alpha value is -15.0. The third kappa shape index (κ3) is 19.2. The molecule has 720 valence electrons. The fraction of sp³-hybridized carbons (Fsp3) is 0.116. The van der Waals surface area contributed by atoms with Crippen LogP contribution >= 0.6 is 0 Å². The molecule has 0 saturated heterocycles. The van der Waals surface area contributed by atoms with Gasteiger partial charge in [-0.3, -0.25) is 65.2 Å². The number of aryl methyl sites for hydroxylation is 2. The van der Waals surface area contributed by atoms with Crippen LogP contribution in [0.4, 0.5) is 57.9 Å². The summed E-state index contributed by atoms with van der Waals surface area (Å²) in [6.07, 6.45) is 1.77. The van der Waals surface area contributed by atoms with Gasteiger partial charge in [0.25, 0.3) is 92.1 Å². The van der Waals surface area contributed by atoms with E-state index in [2.05, 4.69) is 61.8 Å². The van der Waals surface area contributed by atoms with E-state index in [9.17, 15) is 123 Å². The maximum Gasteiger partial charge on any atom is 0.328 e. The monoisotopic (exact) mass is 2060 g/mol. The highest BCUT2D eigenvalue weighted by molar-refractivity contribution is 7.88. The lowest BCUT2D eigenvalue weighted by atomic mass is 9.80. The van der Waals surface area contributed by atoms with Gasteiger partial charge < -0.3 is 50.5 Å². The molecule has 0 amide bonds. The number of ether oxygens (including phenoxy) is 2. The van der Waals surface area contributed by atoms with Crippen molar-refractivity contribution in [3.05, 3.63) is 259 Å². The predicted molar refractivity (Wildman–Crippen MR) is 496 cm³/mol. The average molecular weight is 2060 g/mol. The minimum absolute atomic E-state index is 0.00255. The maximum absolute atomic E-state index is 15.1. The quantitative estimate of drug-likeness (QED) is 0.0147. The number of ketones is 4. The molecule has 4 heterocycles. The number of carbonyl (C=O) groups is 4. The molecule has 4 aromatic heterocycles. The Labute approximate surface area is 790 Å². The molecule has 2 unspecified atom stereocenters. The Balaban J connectivity index is 0.691. The number of nitrogens with zero attached hydrogens (tertiary/aromatic N) is 8. The summed E-state index contributed by atoms with van der Waals surface area (Å²) < 4.78 is 303. The van der Waals surface area contributed by atoms with Crippen molar-refractivity contribution < 1.29 is 132 Å². The van der Waals surface area contributed by atoms with Crippen molar-refractivity contribution in [3.63, 3.8) is 0 Å². The highest BCUT2D eigenvalue weighted by Crippen LogP contribution is 2.49. The van der Waals surface area contributed by atoms with E-state index >= 15 is 9.59 Å². The zero-order valence-corrected chi connectivity index (χ0v) is 77.6. The van der Waals surface area contributed by atoms with Crippen LogP contribution in [-0.4, -0.2) is 179 Å². The first-order valence-electron chi connectivity index (χ1n) is 40.5. The van der Waals surface area contributed by atoms with E-state index in [1.54, 1.807) is 0 Å². The van der Waals surface area contributed by atoms with Crippen LogP contribution in [0.25, 0.3) is 44.1 Å². The van der Waals surface area contributed by atoms with Gasteiger partial charge in [0, 0.05) is 71.3 Å². The summed E-state index contributed by atoms with van der Waals surface area (Å²) in [6.45, 7) is -0.0690. The van der Waals surface area contributed by atoms with E-state index in [1.165, 1.54) is 99.0 Å². The number of nitrogens with one attached hydrogen (secondary N) is 6. The average Bonchev–Trinajstić information content (AvgIpc) is 0.706. The lowest BCUT2D eigenvalue weighted by Gasteiger charge is -2.29. The standard InChI is InChI=1S/C86H66N14O32S8/c1-99-61-30-28-55(69-71(61)67(51-16-3-5-18-53(51)77(69)103)73(79(99)105)75(101)43-12-8-14-49(33-43)135(113,114)115)89-57-35-59(65(139(125,126)127)37-63(57)137(119,120)121)91-83-93-81(95-85(97-83)131-45-20-24-47(25-21-45)133(107,108)109)87-39-41-10-7-11-42(32-41)40-88-82-94-84(98-86(96-82)132-46-22-26-48(27-23-46)134(110,111)112)92-60-36-58(64(138(122,123)124)38-66(60)140(128,129)130)90-56-29-31-62-72-68(52-17-4-6-19-54(52)78(104)70(56)72)74(80(106)100(62)2)76(102)44-13-9-15-50(34-44)136(116,117)118/h3-6,8-9,12-31,33-38,41-42,89-90H,7,10-11,32,39-40H2,1-2H3,(H,107,108,109)(H,110,111,112)(H,113,114,115)(H,116,117,118)(H,119,120,121)(H,122,123,124)(H,125,126,127)(H,128,129,130)(H2,87,91,93,95,97)(H2,88,92,94,96,98). The molecule has 0 aliphatic heterocycles. The number of fused-ring (bicyclic) bond motifs is 4. The van der Waals surface area contributed by atoms with Crippen LogP contribution in [0.1, 0.15) is 89.4 Å². The molecular formula is C86H66N14O32S8. The first-order valence-corrected chi connectivity index (χ1v) is 52.0. The lowest BCUT2D eigenvalue weighted by Crippen LogP contribution is -2.29. The van der Waals surface area contributed by atoms with Gasteiger partial charge in [0.05, 0.1) is 87.0 Å². The zero-order chi connectivity index (χ0) is 100. The minimum Gasteiger partial charge on any atom is -0.424 e. The molecule has 0 spiro atoms. The second kappa shape index (κ2) is 35.8. The molecule has 10 aromatic carbocycles. The van der Waals surface area contributed by atoms with Crippen LogP contribution in [0.2, 0.25) is 0 Å². The third-order valence-electron chi connectivity index (χ3n) is 22.9. The van der Waals surface area contributed by atoms with Gasteiger partial charge in [-0.15, -0.1) is 0 Å². The van der Waals surface area contributed by atoms with Crippen molar-refractivity contribution in [1.82, 2.24) is 39.0 Å². The number of benzene rings is 10. The van der Waals surface area contributed by atoms with Crippen LogP contribution in [0.5, 0.6) is 23.5 Å². The van der Waals surface area contributed by atoms with Gasteiger partial charge >= 0.3 is 12.0 Å². The molecule has 3 aliphatic carbocycles. The molecule has 2 atom stereocenters. The van der Waals surface area contributed by atoms with Crippen LogP contribution < -0.4 is 52.5 Å². The van der Waals surface area contributed by atoms with Gasteiger partial charge in [0.1, 0.15) is 31.1 Å². The molecule has 46 nitrogen and oxygen atoms in total. The number of pyridine rings is 2. The Bertz CT molecular complexity index is 8440. The second-order valence-electron chi connectivity index (χ2n) is 31.8. The van der Waals surface area contributed by atoms with E-state index in [4.69, 9.17) is 9.47 Å². The number of aromatic nitrogens is 8. The maximum atomic E-state index is 15.1. The minimum atomic E-state index is -5.64. The summed E-state index contributed by atoms with van der Waals surface area (Å²) in [6, 6.07) is 33.4. The number of hydrogen-bond donors (Lipinski definition) is 14. The fourth-order valence-electron chi connectivity index (χ4n) is 16.6. The smallest absolute Gasteiger partial charge is 0.328 e. The van der Waals surface area contributed by atoms with Crippen LogP contribution in [0.3, 0.4) is 0 Å². The summed E-state index contributed by atoms with van der Waals surface area (Å²) in [5.74, 6) is -7.00. The van der Waals surface area contributed by atoms with E-state index in [-0.39, 0.29) is 126 Å². The number of rotatable bonds is 30. The second-order valence-corrected chi connectivity index (χ2v) is 43.0. The van der Waals surface area contributed by atoms with E-state index < -0.39 is 223 Å². The van der Waals surface area contributed by atoms with Gasteiger partial charge in [-0.2, -0.15) is 97.2 Å². The van der Waals surface area contributed by atoms with Crippen molar-refractivity contribution >= 4 is 184 Å². The predicted octanol–water partition coefficient (Wildman–Crippen LogP) is 10.5. The first-order chi connectivity index (χ1) is 65.7. The van der Waals surface area contributed by atoms with Gasteiger partial charge in [0.15, 0.2) is 23.1 Å². The van der Waals surface area contributed by atoms with Crippen molar-refractivity contribution in [3.8, 4) is 45.8 Å². The van der Waals surface area contributed by atoms with E-state index in [0.29, 0.717) is 37.8 Å². The lowest BCUT2D eigenvalue weighted by molar-refractivity contribution is 0.102. The fourth-order valence-corrected chi connectivity index (χ4v) is 21.4. The highest BCUT2D eigenvalue weighted by Gasteiger charge is 2.40. The molecule has 3 aliphatic rings. The van der Waals surface area contributed by atoms with Crippen LogP contribution in [-0.2, 0) is 95.0 Å². The largest absolute Gasteiger partial charge is 0.424 e. The summed E-state index contributed by atoms with van der Waals surface area (Å²) in [5.41, 5.74) is -8.92. The highest BCUT2D eigenvalue weighted by atomic mass is 32.2. The van der Waals surface area contributed by atoms with E-state index in [0.717, 1.165) is 106 Å². The Morgan fingerprint density at radius 1 is 0.343 bits per heavy atom. The summed E-state index contributed by atoms with van der Waals surface area (Å²) in [5, 5.41) is 16.6. The molecule has 140 heavy (non-hydrogen) atoms. The van der Waals surface area contributed by atoms with Crippen molar-refractivity contribution in [1.29, 1.82) is 0 Å². The summed E-state index contributed by atoms with van der Waals surface area (Å²) >= 11 is 0. The molecule has 0 radical (unpaired) electrons. The van der Waals surface area contributed by atoms with Crippen LogP contribution in [0, 0.1) is 11.8 Å². The van der Waals surface area contributed by atoms with Crippen molar-refractivity contribution in [2.75, 3.05) is 45.0 Å². The zero-order valence-electron chi connectivity index (χ0n) is 71.1. The molecule has 0 bridgehead atoms. The Morgan fingerprint density at radius 3 is 1.01 bits per heavy atom. The third-order valence-corrected chi connectivity index (χ3v) is 29.9. The topological polar surface area (TPSA) is 715 Å². The first kappa shape index (κ1) is 96.7. The SMILES string of the molecule is Cn1c(=O)c(C(=O)c2cccc(S(=O)(=O)O)c2)c2c3c(c(Nc4cc(Nc5nc(NCC6CCCC(CNc7nc(Nc8cc(Nc9ccc%10c%11c9C(=O)c9ccccc9-c%11c(C(=O)c9cccc(S(=O)(=O)O)c9)c(=O)n%10C)c(S(=O)(=O)O)cc8S(=O)(=O)O)nc(Oc8ccc(S(=O)(=O)O)cc8)n7)C6)nc(Oc6ccc(S(=O)(=O)O)cc6)n5)c(S(=O)(=O)O)cc4S(=O)(=O)O)ccc31)C(=O)c1ccccc1-2. The van der Waals surface area contributed by atoms with Gasteiger partial charge in [-0.1, -0.05) is 79.2 Å². The Kier molecular flexibility index (Phi) is 24.7. The van der Waals surface area contributed by atoms with Crippen LogP contribution in [0.15, 0.2) is 243 Å². The molecule has 17 rings (SSSR count). The number of carbonyl (C=O) groups excluding carboxylic acids is 4. The summed E-state index contributed by atoms with van der Waals surface area (Å²) in [7, 11) is -39.5. The molecule has 1 fully saturated rings. The Morgan fingerprint density at radius 2 is 0.671 bits per heavy atom. The van der Waals surface area contributed by atoms with Gasteiger partial charge in [-0.25, -0.2) is 0 Å². The molecule has 14 N–H and O–H groups in total. The number of hydrogen-bond acceptors (Lipinski definition) is 36. The summed E-state index contributed by atoms with van der Waals surface area (Å²) in [4.78, 5) is 107. The molecular weight excluding hydrogens is 2000 g/mol. The molecule has 14 aromatic rings.